The fourth-order valence-electron chi connectivity index (χ4n) is 2.79. The highest BCUT2D eigenvalue weighted by atomic mass is 79.9. The Balaban J connectivity index is 1.99. The zero-order valence-corrected chi connectivity index (χ0v) is 13.9. The first-order valence-electron chi connectivity index (χ1n) is 7.62. The summed E-state index contributed by atoms with van der Waals surface area (Å²) in [7, 11) is 0. The van der Waals surface area contributed by atoms with Crippen LogP contribution in [0.5, 0.6) is 0 Å². The molecule has 0 saturated heterocycles. The van der Waals surface area contributed by atoms with Crippen LogP contribution in [0.25, 0.3) is 0 Å². The number of hydrogen-bond acceptors (Lipinski definition) is 4. The largest absolute Gasteiger partial charge is 0.309 e. The zero-order valence-electron chi connectivity index (χ0n) is 12.3. The Bertz CT molecular complexity index is 610. The normalized spacial score (nSPS) is 14.9. The van der Waals surface area contributed by atoms with Crippen molar-refractivity contribution in [1.29, 1.82) is 0 Å². The third-order valence-corrected chi connectivity index (χ3v) is 4.66. The molecule has 0 fully saturated rings. The zero-order chi connectivity index (χ0) is 14.7. The van der Waals surface area contributed by atoms with E-state index in [1.807, 2.05) is 4.68 Å². The predicted molar refractivity (Wildman–Crippen MR) is 86.8 cm³/mol. The molecule has 1 aromatic carbocycles. The van der Waals surface area contributed by atoms with Crippen molar-refractivity contribution >= 4 is 27.6 Å². The molecule has 1 aliphatic rings. The molecular weight excluding hydrogens is 330 g/mol. The summed E-state index contributed by atoms with van der Waals surface area (Å²) < 4.78 is 3.11. The van der Waals surface area contributed by atoms with E-state index in [0.717, 1.165) is 44.7 Å². The van der Waals surface area contributed by atoms with Crippen molar-refractivity contribution in [3.8, 4) is 0 Å². The monoisotopic (exact) mass is 349 g/mol. The van der Waals surface area contributed by atoms with Gasteiger partial charge in [0.25, 0.3) is 0 Å². The van der Waals surface area contributed by atoms with Crippen LogP contribution >= 0.6 is 15.9 Å². The number of nitrogens with zero attached hydrogens (tertiary/aromatic N) is 5. The van der Waals surface area contributed by atoms with E-state index in [0.29, 0.717) is 0 Å². The molecule has 2 heterocycles. The maximum atomic E-state index is 4.28. The molecule has 0 amide bonds. The number of hydrogen-bond donors (Lipinski definition) is 0. The maximum Gasteiger partial charge on any atom is 0.250 e. The number of anilines is 2. The van der Waals surface area contributed by atoms with Crippen LogP contribution in [-0.2, 0) is 13.0 Å². The van der Waals surface area contributed by atoms with Crippen molar-refractivity contribution in [1.82, 2.24) is 20.2 Å². The van der Waals surface area contributed by atoms with Gasteiger partial charge in [0, 0.05) is 23.2 Å². The van der Waals surface area contributed by atoms with Crippen LogP contribution in [0.4, 0.5) is 11.6 Å². The van der Waals surface area contributed by atoms with Crippen molar-refractivity contribution < 1.29 is 0 Å². The average Bonchev–Trinajstić information content (AvgIpc) is 2.84. The van der Waals surface area contributed by atoms with Crippen LogP contribution in [0, 0.1) is 0 Å². The molecule has 21 heavy (non-hydrogen) atoms. The molecule has 3 rings (SSSR count). The molecule has 2 aromatic rings. The predicted octanol–water partition coefficient (Wildman–Crippen LogP) is 3.71. The molecule has 1 aromatic heterocycles. The van der Waals surface area contributed by atoms with Crippen LogP contribution in [0.15, 0.2) is 22.7 Å². The van der Waals surface area contributed by atoms with Crippen molar-refractivity contribution in [2.45, 2.75) is 45.6 Å². The van der Waals surface area contributed by atoms with E-state index in [9.17, 15) is 0 Å². The van der Waals surface area contributed by atoms with Gasteiger partial charge < -0.3 is 4.90 Å². The number of unbranched alkanes of at least 4 members (excludes halogenated alkanes) is 1. The fourth-order valence-corrected chi connectivity index (χ4v) is 3.35. The fraction of sp³-hybridized carbons (Fsp3) is 0.533. The smallest absolute Gasteiger partial charge is 0.250 e. The highest BCUT2D eigenvalue weighted by Gasteiger charge is 2.22. The van der Waals surface area contributed by atoms with Crippen LogP contribution < -0.4 is 4.90 Å². The highest BCUT2D eigenvalue weighted by molar-refractivity contribution is 9.10. The number of aryl methyl sites for hydroxylation is 1. The molecule has 0 unspecified atom stereocenters. The summed E-state index contributed by atoms with van der Waals surface area (Å²) in [6.45, 7) is 4.02. The Morgan fingerprint density at radius 3 is 3.05 bits per heavy atom. The number of tetrazole rings is 1. The minimum Gasteiger partial charge on any atom is -0.309 e. The summed E-state index contributed by atoms with van der Waals surface area (Å²) >= 11 is 3.68. The molecule has 0 spiro atoms. The van der Waals surface area contributed by atoms with Gasteiger partial charge in [-0.25, -0.2) is 4.68 Å². The van der Waals surface area contributed by atoms with Gasteiger partial charge in [-0.15, -0.1) is 0 Å². The van der Waals surface area contributed by atoms with Crippen molar-refractivity contribution in [2.75, 3.05) is 11.4 Å². The summed E-state index contributed by atoms with van der Waals surface area (Å²) in [6.07, 6.45) is 5.69. The molecule has 0 atom stereocenters. The number of aromatic nitrogens is 4. The standard InChI is InChI=1S/C15H20BrN5/c1-2-3-11-21-15(17-18-19-21)20-10-5-4-7-12-13(16)8-6-9-14(12)20/h6,8-9H,2-5,7,10-11H2,1H3. The third-order valence-electron chi connectivity index (χ3n) is 3.92. The Morgan fingerprint density at radius 1 is 1.29 bits per heavy atom. The van der Waals surface area contributed by atoms with Crippen molar-refractivity contribution in [3.05, 3.63) is 28.2 Å². The Kier molecular flexibility index (Phi) is 4.53. The van der Waals surface area contributed by atoms with Gasteiger partial charge in [-0.2, -0.15) is 0 Å². The van der Waals surface area contributed by atoms with E-state index in [4.69, 9.17) is 0 Å². The highest BCUT2D eigenvalue weighted by Crippen LogP contribution is 2.35. The summed E-state index contributed by atoms with van der Waals surface area (Å²) in [5.74, 6) is 0.865. The molecule has 112 valence electrons. The summed E-state index contributed by atoms with van der Waals surface area (Å²) in [4.78, 5) is 2.27. The lowest BCUT2D eigenvalue weighted by Gasteiger charge is -2.23. The number of halogens is 1. The van der Waals surface area contributed by atoms with Gasteiger partial charge in [0.15, 0.2) is 0 Å². The Morgan fingerprint density at radius 2 is 2.19 bits per heavy atom. The Hall–Kier alpha value is -1.43. The lowest BCUT2D eigenvalue weighted by molar-refractivity contribution is 0.550. The molecule has 1 aliphatic heterocycles. The quantitative estimate of drug-likeness (QED) is 0.843. The van der Waals surface area contributed by atoms with Crippen LogP contribution in [0.2, 0.25) is 0 Å². The van der Waals surface area contributed by atoms with Gasteiger partial charge in [0.1, 0.15) is 0 Å². The SMILES string of the molecule is CCCCn1nnnc1N1CCCCc2c(Br)cccc21. The van der Waals surface area contributed by atoms with E-state index in [1.165, 1.54) is 22.1 Å². The van der Waals surface area contributed by atoms with E-state index >= 15 is 0 Å². The van der Waals surface area contributed by atoms with Crippen LogP contribution in [-0.4, -0.2) is 26.8 Å². The number of benzene rings is 1. The molecule has 0 N–H and O–H groups in total. The van der Waals surface area contributed by atoms with Gasteiger partial charge >= 0.3 is 0 Å². The van der Waals surface area contributed by atoms with Crippen molar-refractivity contribution in [3.63, 3.8) is 0 Å². The Labute approximate surface area is 133 Å². The van der Waals surface area contributed by atoms with E-state index in [1.54, 1.807) is 0 Å². The van der Waals surface area contributed by atoms with E-state index < -0.39 is 0 Å². The molecule has 0 saturated carbocycles. The lowest BCUT2D eigenvalue weighted by Crippen LogP contribution is -2.22. The average molecular weight is 350 g/mol. The molecule has 5 nitrogen and oxygen atoms in total. The number of rotatable bonds is 4. The topological polar surface area (TPSA) is 46.8 Å². The summed E-state index contributed by atoms with van der Waals surface area (Å²) in [5, 5.41) is 12.3. The summed E-state index contributed by atoms with van der Waals surface area (Å²) in [5.41, 5.74) is 2.59. The third kappa shape index (κ3) is 2.95. The molecule has 0 bridgehead atoms. The maximum absolute atomic E-state index is 4.28. The van der Waals surface area contributed by atoms with E-state index in [-0.39, 0.29) is 0 Å². The van der Waals surface area contributed by atoms with Gasteiger partial charge in [0.05, 0.1) is 0 Å². The first-order valence-corrected chi connectivity index (χ1v) is 8.41. The second-order valence-corrected chi connectivity index (χ2v) is 6.26. The van der Waals surface area contributed by atoms with Gasteiger partial charge in [-0.05, 0) is 53.8 Å². The lowest BCUT2D eigenvalue weighted by atomic mass is 10.1. The molecule has 0 aliphatic carbocycles. The van der Waals surface area contributed by atoms with Gasteiger partial charge in [-0.3, -0.25) is 0 Å². The second-order valence-electron chi connectivity index (χ2n) is 5.40. The summed E-state index contributed by atoms with van der Waals surface area (Å²) in [6, 6.07) is 6.37. The number of fused-ring (bicyclic) bond motifs is 1. The minimum absolute atomic E-state index is 0.865. The van der Waals surface area contributed by atoms with Gasteiger partial charge in [0.2, 0.25) is 5.95 Å². The van der Waals surface area contributed by atoms with E-state index in [2.05, 4.69) is 61.5 Å². The van der Waals surface area contributed by atoms with Crippen molar-refractivity contribution in [2.24, 2.45) is 0 Å². The molecule has 0 radical (unpaired) electrons. The molecular formula is C15H20BrN5. The molecule has 6 heteroatoms. The van der Waals surface area contributed by atoms with Gasteiger partial charge in [-0.1, -0.05) is 40.4 Å². The van der Waals surface area contributed by atoms with Crippen LogP contribution in [0.3, 0.4) is 0 Å². The minimum atomic E-state index is 0.865. The second kappa shape index (κ2) is 6.56. The van der Waals surface area contributed by atoms with Crippen LogP contribution in [0.1, 0.15) is 38.2 Å². The first-order chi connectivity index (χ1) is 10.3. The first kappa shape index (κ1) is 14.5.